The van der Waals surface area contributed by atoms with Gasteiger partial charge in [0.1, 0.15) is 6.23 Å². The van der Waals surface area contributed by atoms with Crippen molar-refractivity contribution in [3.63, 3.8) is 0 Å². The average molecular weight is 231 g/mol. The summed E-state index contributed by atoms with van der Waals surface area (Å²) in [7, 11) is 0. The second-order valence-electron chi connectivity index (χ2n) is 3.62. The molecular formula is C8H13N3O5. The second-order valence-corrected chi connectivity index (χ2v) is 3.62. The van der Waals surface area contributed by atoms with Gasteiger partial charge in [0, 0.05) is 18.9 Å². The zero-order chi connectivity index (χ0) is 11.8. The van der Waals surface area contributed by atoms with Crippen LogP contribution in [0.2, 0.25) is 0 Å². The van der Waals surface area contributed by atoms with Crippen LogP contribution in [-0.4, -0.2) is 50.2 Å². The summed E-state index contributed by atoms with van der Waals surface area (Å²) in [4.78, 5) is 12.8. The first-order valence-electron chi connectivity index (χ1n) is 4.84. The number of amides is 2. The molecule has 0 saturated carbocycles. The molecule has 90 valence electrons. The van der Waals surface area contributed by atoms with Gasteiger partial charge in [0.05, 0.1) is 0 Å². The summed E-state index contributed by atoms with van der Waals surface area (Å²) in [6, 6.07) is -0.876. The number of rotatable bonds is 2. The molecular weight excluding hydrogens is 218 g/mol. The Labute approximate surface area is 91.2 Å². The lowest BCUT2D eigenvalue weighted by Crippen LogP contribution is -2.63. The molecule has 2 aliphatic rings. The van der Waals surface area contributed by atoms with Crippen molar-refractivity contribution in [3.05, 3.63) is 12.3 Å². The highest BCUT2D eigenvalue weighted by atomic mass is 16.6. The Bertz CT molecular complexity index is 317. The van der Waals surface area contributed by atoms with Crippen LogP contribution in [0.4, 0.5) is 4.79 Å². The van der Waals surface area contributed by atoms with Gasteiger partial charge in [-0.3, -0.25) is 10.1 Å². The highest BCUT2D eigenvalue weighted by Gasteiger charge is 2.43. The first-order valence-corrected chi connectivity index (χ1v) is 4.84. The van der Waals surface area contributed by atoms with Crippen molar-refractivity contribution in [2.45, 2.75) is 24.9 Å². The lowest BCUT2D eigenvalue weighted by Gasteiger charge is -2.39. The average Bonchev–Trinajstić information content (AvgIpc) is 2.80. The number of carbonyl (C=O) groups excluding carboxylic acids is 1. The van der Waals surface area contributed by atoms with E-state index in [9.17, 15) is 15.1 Å². The summed E-state index contributed by atoms with van der Waals surface area (Å²) in [6.45, 7) is 0.552. The van der Waals surface area contributed by atoms with Crippen molar-refractivity contribution >= 4 is 6.03 Å². The van der Waals surface area contributed by atoms with Crippen molar-refractivity contribution in [1.82, 2.24) is 15.4 Å². The SMILES string of the molecule is O=C1N(C2CCCO2)C=C[C@@](O)(NO)N1O. The Morgan fingerprint density at radius 1 is 1.62 bits per heavy atom. The fourth-order valence-electron chi connectivity index (χ4n) is 1.66. The van der Waals surface area contributed by atoms with E-state index in [0.29, 0.717) is 13.0 Å². The molecule has 2 amide bonds. The van der Waals surface area contributed by atoms with Crippen LogP contribution in [0.5, 0.6) is 0 Å². The van der Waals surface area contributed by atoms with Gasteiger partial charge in [-0.1, -0.05) is 0 Å². The number of urea groups is 1. The molecule has 0 spiro atoms. The molecule has 2 heterocycles. The highest BCUT2D eigenvalue weighted by Crippen LogP contribution is 2.24. The topological polar surface area (TPSA) is 106 Å². The predicted octanol–water partition coefficient (Wildman–Crippen LogP) is -0.612. The molecule has 2 atom stereocenters. The van der Waals surface area contributed by atoms with E-state index in [-0.39, 0.29) is 5.06 Å². The Balaban J connectivity index is 2.19. The van der Waals surface area contributed by atoms with Crippen LogP contribution in [-0.2, 0) is 4.74 Å². The van der Waals surface area contributed by atoms with E-state index in [2.05, 4.69) is 0 Å². The summed E-state index contributed by atoms with van der Waals surface area (Å²) < 4.78 is 5.26. The molecule has 0 radical (unpaired) electrons. The van der Waals surface area contributed by atoms with Crippen LogP contribution in [0.15, 0.2) is 12.3 Å². The number of nitrogens with one attached hydrogen (secondary N) is 1. The summed E-state index contributed by atoms with van der Waals surface area (Å²) in [5.74, 6) is -2.30. The van der Waals surface area contributed by atoms with E-state index >= 15 is 0 Å². The largest absolute Gasteiger partial charge is 0.358 e. The minimum Gasteiger partial charge on any atom is -0.358 e. The minimum absolute atomic E-state index is 0.00528. The van der Waals surface area contributed by atoms with Crippen molar-refractivity contribution in [2.75, 3.05) is 6.61 Å². The van der Waals surface area contributed by atoms with Gasteiger partial charge in [-0.2, -0.15) is 5.06 Å². The minimum atomic E-state index is -2.30. The van der Waals surface area contributed by atoms with Gasteiger partial charge >= 0.3 is 6.03 Å². The Morgan fingerprint density at radius 2 is 2.38 bits per heavy atom. The predicted molar refractivity (Wildman–Crippen MR) is 48.8 cm³/mol. The Hall–Kier alpha value is -1.19. The summed E-state index contributed by atoms with van der Waals surface area (Å²) in [5, 5.41) is 27.5. The third kappa shape index (κ3) is 1.66. The summed E-state index contributed by atoms with van der Waals surface area (Å²) in [6.07, 6.45) is 3.34. The highest BCUT2D eigenvalue weighted by molar-refractivity contribution is 5.76. The van der Waals surface area contributed by atoms with Crippen LogP contribution in [0.1, 0.15) is 12.8 Å². The van der Waals surface area contributed by atoms with E-state index in [1.54, 1.807) is 0 Å². The Morgan fingerprint density at radius 3 is 2.94 bits per heavy atom. The molecule has 0 aromatic rings. The molecule has 0 bridgehead atoms. The van der Waals surface area contributed by atoms with E-state index < -0.39 is 18.1 Å². The normalized spacial score (nSPS) is 34.9. The fourth-order valence-corrected chi connectivity index (χ4v) is 1.66. The number of aliphatic hydroxyl groups is 1. The maximum absolute atomic E-state index is 11.6. The standard InChI is InChI=1S/C8H13N3O5/c12-7-10(6-2-1-5-16-6)4-3-8(13,9-14)11(7)15/h3-4,6,9,13-15H,1-2,5H2/t6?,8-/m1/s1. The summed E-state index contributed by atoms with van der Waals surface area (Å²) in [5.41, 5.74) is 1.43. The molecule has 4 N–H and O–H groups in total. The monoisotopic (exact) mass is 231 g/mol. The maximum atomic E-state index is 11.6. The van der Waals surface area contributed by atoms with Crippen LogP contribution >= 0.6 is 0 Å². The van der Waals surface area contributed by atoms with Gasteiger partial charge in [-0.15, -0.1) is 5.48 Å². The molecule has 0 aliphatic carbocycles. The van der Waals surface area contributed by atoms with Crippen molar-refractivity contribution in [1.29, 1.82) is 0 Å². The first-order chi connectivity index (χ1) is 7.58. The molecule has 16 heavy (non-hydrogen) atoms. The molecule has 1 saturated heterocycles. The number of hydroxylamine groups is 3. The fraction of sp³-hybridized carbons (Fsp3) is 0.625. The van der Waals surface area contributed by atoms with Gasteiger partial charge in [0.15, 0.2) is 0 Å². The molecule has 8 nitrogen and oxygen atoms in total. The molecule has 2 aliphatic heterocycles. The molecule has 1 fully saturated rings. The van der Waals surface area contributed by atoms with Gasteiger partial charge in [-0.05, 0) is 12.8 Å². The lowest BCUT2D eigenvalue weighted by molar-refractivity contribution is -0.260. The molecule has 0 aromatic heterocycles. The number of hydrogen-bond acceptors (Lipinski definition) is 6. The lowest BCUT2D eigenvalue weighted by atomic mass is 10.3. The van der Waals surface area contributed by atoms with Gasteiger partial charge in [-0.25, -0.2) is 4.79 Å². The van der Waals surface area contributed by atoms with Gasteiger partial charge < -0.3 is 15.1 Å². The molecule has 8 heteroatoms. The number of hydrogen-bond donors (Lipinski definition) is 4. The third-order valence-corrected chi connectivity index (χ3v) is 2.57. The van der Waals surface area contributed by atoms with Crippen molar-refractivity contribution in [3.8, 4) is 0 Å². The molecule has 0 aromatic carbocycles. The quantitative estimate of drug-likeness (QED) is 0.287. The number of ether oxygens (including phenoxy) is 1. The van der Waals surface area contributed by atoms with Crippen molar-refractivity contribution < 1.29 is 25.1 Å². The molecule has 1 unspecified atom stereocenters. The van der Waals surface area contributed by atoms with Gasteiger partial charge in [0.2, 0.25) is 0 Å². The van der Waals surface area contributed by atoms with Gasteiger partial charge in [0.25, 0.3) is 5.85 Å². The maximum Gasteiger partial charge on any atom is 0.354 e. The van der Waals surface area contributed by atoms with Crippen LogP contribution in [0, 0.1) is 0 Å². The van der Waals surface area contributed by atoms with Crippen LogP contribution in [0.3, 0.4) is 0 Å². The first kappa shape index (κ1) is 11.3. The third-order valence-electron chi connectivity index (χ3n) is 2.57. The van der Waals surface area contributed by atoms with E-state index in [1.165, 1.54) is 11.7 Å². The zero-order valence-corrected chi connectivity index (χ0v) is 8.41. The van der Waals surface area contributed by atoms with Crippen LogP contribution in [0.25, 0.3) is 0 Å². The molecule has 2 rings (SSSR count). The second kappa shape index (κ2) is 4.00. The van der Waals surface area contributed by atoms with Crippen LogP contribution < -0.4 is 5.48 Å². The van der Waals surface area contributed by atoms with E-state index in [1.807, 2.05) is 0 Å². The number of carbonyl (C=O) groups is 1. The zero-order valence-electron chi connectivity index (χ0n) is 8.41. The van der Waals surface area contributed by atoms with E-state index in [0.717, 1.165) is 17.4 Å². The number of nitrogens with zero attached hydrogens (tertiary/aromatic N) is 2. The van der Waals surface area contributed by atoms with Crippen molar-refractivity contribution in [2.24, 2.45) is 0 Å². The smallest absolute Gasteiger partial charge is 0.354 e. The Kier molecular flexibility index (Phi) is 2.82. The van der Waals surface area contributed by atoms with E-state index in [4.69, 9.17) is 9.94 Å². The summed E-state index contributed by atoms with van der Waals surface area (Å²) >= 11 is 0.